The maximum absolute atomic E-state index is 12.2. The van der Waals surface area contributed by atoms with E-state index in [9.17, 15) is 9.59 Å². The molecule has 0 radical (unpaired) electrons. The number of nitrogens with zero attached hydrogens (tertiary/aromatic N) is 2. The lowest BCUT2D eigenvalue weighted by molar-refractivity contribution is 0.239. The van der Waals surface area contributed by atoms with Crippen molar-refractivity contribution in [2.24, 2.45) is 5.73 Å². The zero-order valence-corrected chi connectivity index (χ0v) is 16.8. The van der Waals surface area contributed by atoms with Crippen LogP contribution in [0.3, 0.4) is 0 Å². The number of rotatable bonds is 9. The topological polar surface area (TPSA) is 154 Å². The van der Waals surface area contributed by atoms with E-state index >= 15 is 0 Å². The van der Waals surface area contributed by atoms with E-state index in [1.807, 2.05) is 6.07 Å². The van der Waals surface area contributed by atoms with Gasteiger partial charge in [-0.15, -0.1) is 0 Å². The lowest BCUT2D eigenvalue weighted by atomic mass is 10.3. The summed E-state index contributed by atoms with van der Waals surface area (Å²) >= 11 is 6.02. The molecular weight excluding hydrogens is 410 g/mol. The van der Waals surface area contributed by atoms with Gasteiger partial charge in [0.1, 0.15) is 17.6 Å². The number of nitrogens with one attached hydrogen (secondary N) is 4. The smallest absolute Gasteiger partial charge is 0.324 e. The van der Waals surface area contributed by atoms with Crippen LogP contribution in [-0.4, -0.2) is 43.3 Å². The molecule has 0 unspecified atom stereocenters. The van der Waals surface area contributed by atoms with Crippen LogP contribution in [-0.2, 0) is 0 Å². The van der Waals surface area contributed by atoms with Gasteiger partial charge in [0, 0.05) is 30.9 Å². The minimum atomic E-state index is -0.544. The van der Waals surface area contributed by atoms with E-state index in [-0.39, 0.29) is 11.8 Å². The average molecular weight is 432 g/mol. The molecule has 6 N–H and O–H groups in total. The summed E-state index contributed by atoms with van der Waals surface area (Å²) in [7, 11) is 0. The third-order valence-corrected chi connectivity index (χ3v) is 3.85. The predicted molar refractivity (Wildman–Crippen MR) is 114 cm³/mol. The molecule has 0 aliphatic carbocycles. The van der Waals surface area contributed by atoms with Crippen molar-refractivity contribution in [1.29, 1.82) is 5.26 Å². The summed E-state index contributed by atoms with van der Waals surface area (Å²) in [5, 5.41) is 19.7. The molecule has 0 saturated heterocycles. The molecule has 0 aliphatic heterocycles. The summed E-state index contributed by atoms with van der Waals surface area (Å²) in [5.41, 5.74) is 6.07. The van der Waals surface area contributed by atoms with Gasteiger partial charge in [-0.05, 0) is 36.8 Å². The Morgan fingerprint density at radius 2 is 1.93 bits per heavy atom. The molecular formula is C19H22ClN7O3. The van der Waals surface area contributed by atoms with Crippen LogP contribution in [0.15, 0.2) is 36.5 Å². The van der Waals surface area contributed by atoms with Gasteiger partial charge in [0.05, 0.1) is 17.9 Å². The third-order valence-electron chi connectivity index (χ3n) is 3.62. The van der Waals surface area contributed by atoms with Crippen molar-refractivity contribution in [1.82, 2.24) is 15.6 Å². The molecule has 2 aromatic rings. The van der Waals surface area contributed by atoms with Crippen molar-refractivity contribution >= 4 is 35.2 Å². The fraction of sp³-hybridized carbons (Fsp3) is 0.263. The van der Waals surface area contributed by atoms with Gasteiger partial charge in [0.2, 0.25) is 0 Å². The molecule has 4 amide bonds. The fourth-order valence-corrected chi connectivity index (χ4v) is 2.41. The highest BCUT2D eigenvalue weighted by Gasteiger charge is 2.10. The maximum Gasteiger partial charge on any atom is 0.324 e. The first-order chi connectivity index (χ1) is 14.5. The minimum absolute atomic E-state index is 0.287. The number of nitriles is 1. The average Bonchev–Trinajstić information content (AvgIpc) is 2.73. The molecule has 2 rings (SSSR count). The van der Waals surface area contributed by atoms with Gasteiger partial charge >= 0.3 is 12.1 Å². The first kappa shape index (κ1) is 22.7. The van der Waals surface area contributed by atoms with Crippen LogP contribution in [0.2, 0.25) is 5.02 Å². The summed E-state index contributed by atoms with van der Waals surface area (Å²) in [6, 6.07) is 9.01. The fourth-order valence-electron chi connectivity index (χ4n) is 2.23. The first-order valence-electron chi connectivity index (χ1n) is 9.10. The Morgan fingerprint density at radius 1 is 1.13 bits per heavy atom. The maximum atomic E-state index is 12.2. The molecule has 10 nitrogen and oxygen atoms in total. The van der Waals surface area contributed by atoms with Crippen molar-refractivity contribution in [3.63, 3.8) is 0 Å². The molecule has 11 heteroatoms. The normalized spacial score (nSPS) is 9.90. The van der Waals surface area contributed by atoms with E-state index in [0.29, 0.717) is 54.7 Å². The Hall–Kier alpha value is -3.55. The van der Waals surface area contributed by atoms with Gasteiger partial charge in [-0.2, -0.15) is 5.26 Å². The molecule has 1 heterocycles. The Labute approximate surface area is 178 Å². The number of anilines is 2. The quantitative estimate of drug-likeness (QED) is 0.383. The van der Waals surface area contributed by atoms with Crippen LogP contribution >= 0.6 is 11.6 Å². The summed E-state index contributed by atoms with van der Waals surface area (Å²) in [4.78, 5) is 27.6. The Morgan fingerprint density at radius 3 is 2.63 bits per heavy atom. The zero-order valence-electron chi connectivity index (χ0n) is 16.1. The van der Waals surface area contributed by atoms with Gasteiger partial charge in [-0.25, -0.2) is 14.6 Å². The van der Waals surface area contributed by atoms with Crippen molar-refractivity contribution in [2.45, 2.75) is 6.42 Å². The highest BCUT2D eigenvalue weighted by Crippen LogP contribution is 2.28. The number of ether oxygens (including phenoxy) is 1. The van der Waals surface area contributed by atoms with E-state index in [4.69, 9.17) is 27.3 Å². The molecule has 30 heavy (non-hydrogen) atoms. The second-order valence-corrected chi connectivity index (χ2v) is 6.37. The summed E-state index contributed by atoms with van der Waals surface area (Å²) in [6.45, 7) is 1.50. The van der Waals surface area contributed by atoms with E-state index in [2.05, 4.69) is 26.3 Å². The number of nitrogens with two attached hydrogens (primary N) is 1. The number of carbonyl (C=O) groups excluding carboxylic acids is 2. The summed E-state index contributed by atoms with van der Waals surface area (Å²) < 4.78 is 5.69. The number of aromatic nitrogens is 1. The van der Waals surface area contributed by atoms with E-state index in [0.717, 1.165) is 0 Å². The zero-order chi connectivity index (χ0) is 21.8. The van der Waals surface area contributed by atoms with Gasteiger partial charge < -0.3 is 26.4 Å². The monoisotopic (exact) mass is 431 g/mol. The standard InChI is InChI=1S/C19H22ClN7O3/c20-14-3-4-16(30-9-1-7-23-18(28)24-8-6-21)15(10-14)26-19(29)27-17-5-2-13(11-22)12-25-17/h2-5,10,12H,1,6-9,21H2,(H2,23,24,28)(H2,25,26,27,29). The Kier molecular flexibility index (Phi) is 9.18. The van der Waals surface area contributed by atoms with Crippen LogP contribution in [0, 0.1) is 11.3 Å². The Balaban J connectivity index is 1.85. The van der Waals surface area contributed by atoms with Crippen molar-refractivity contribution < 1.29 is 14.3 Å². The van der Waals surface area contributed by atoms with Crippen LogP contribution in [0.1, 0.15) is 12.0 Å². The summed E-state index contributed by atoms with van der Waals surface area (Å²) in [6.07, 6.45) is 1.91. The summed E-state index contributed by atoms with van der Waals surface area (Å²) in [5.74, 6) is 0.713. The minimum Gasteiger partial charge on any atom is -0.491 e. The van der Waals surface area contributed by atoms with Crippen molar-refractivity contribution in [3.05, 3.63) is 47.1 Å². The third kappa shape index (κ3) is 7.83. The number of hydrogen-bond acceptors (Lipinski definition) is 6. The van der Waals surface area contributed by atoms with Gasteiger partial charge in [-0.3, -0.25) is 5.32 Å². The SMILES string of the molecule is N#Cc1ccc(NC(=O)Nc2cc(Cl)ccc2OCCCNC(=O)NCCN)nc1. The number of pyridine rings is 1. The lowest BCUT2D eigenvalue weighted by Crippen LogP contribution is -2.38. The van der Waals surface area contributed by atoms with E-state index in [1.165, 1.54) is 12.3 Å². The van der Waals surface area contributed by atoms with E-state index in [1.54, 1.807) is 24.3 Å². The number of amides is 4. The molecule has 0 saturated carbocycles. The highest BCUT2D eigenvalue weighted by atomic mass is 35.5. The molecule has 158 valence electrons. The number of carbonyl (C=O) groups is 2. The van der Waals surface area contributed by atoms with Gasteiger partial charge in [0.15, 0.2) is 0 Å². The van der Waals surface area contributed by atoms with Crippen LogP contribution in [0.5, 0.6) is 5.75 Å². The predicted octanol–water partition coefficient (Wildman–Crippen LogP) is 2.28. The van der Waals surface area contributed by atoms with E-state index < -0.39 is 6.03 Å². The number of urea groups is 2. The number of hydrogen-bond donors (Lipinski definition) is 5. The number of benzene rings is 1. The van der Waals surface area contributed by atoms with Gasteiger partial charge in [0.25, 0.3) is 0 Å². The lowest BCUT2D eigenvalue weighted by Gasteiger charge is -2.14. The van der Waals surface area contributed by atoms with Crippen molar-refractivity contribution in [3.8, 4) is 11.8 Å². The van der Waals surface area contributed by atoms with Crippen LogP contribution in [0.4, 0.5) is 21.1 Å². The molecule has 0 fully saturated rings. The molecule has 1 aromatic heterocycles. The van der Waals surface area contributed by atoms with Crippen LogP contribution in [0.25, 0.3) is 0 Å². The molecule has 1 aromatic carbocycles. The van der Waals surface area contributed by atoms with Gasteiger partial charge in [-0.1, -0.05) is 11.6 Å². The first-order valence-corrected chi connectivity index (χ1v) is 9.48. The second-order valence-electron chi connectivity index (χ2n) is 5.94. The van der Waals surface area contributed by atoms with Crippen LogP contribution < -0.4 is 31.7 Å². The largest absolute Gasteiger partial charge is 0.491 e. The number of halogens is 1. The Bertz CT molecular complexity index is 900. The molecule has 0 atom stereocenters. The molecule has 0 aliphatic rings. The second kappa shape index (κ2) is 12.1. The highest BCUT2D eigenvalue weighted by molar-refractivity contribution is 6.31. The molecule has 0 spiro atoms. The molecule has 0 bridgehead atoms. The van der Waals surface area contributed by atoms with Crippen molar-refractivity contribution in [2.75, 3.05) is 36.9 Å².